The molecule has 1 saturated heterocycles. The van der Waals surface area contributed by atoms with E-state index in [0.717, 1.165) is 77.0 Å². The molecule has 1 rings (SSSR count). The molecule has 11 nitrogen and oxygen atoms in total. The lowest BCUT2D eigenvalue weighted by molar-refractivity contribution is -0.305. The molecular formula is C74H137NO10. The zero-order valence-electron chi connectivity index (χ0n) is 55.5. The largest absolute Gasteiger partial charge is 0.454 e. The Balaban J connectivity index is 2.54. The van der Waals surface area contributed by atoms with Crippen LogP contribution < -0.4 is 5.32 Å². The summed E-state index contributed by atoms with van der Waals surface area (Å²) in [5, 5.41) is 57.2. The quantitative estimate of drug-likeness (QED) is 0.0195. The van der Waals surface area contributed by atoms with Crippen molar-refractivity contribution in [3.05, 3.63) is 48.6 Å². The molecule has 498 valence electrons. The molecule has 8 atom stereocenters. The lowest BCUT2D eigenvalue weighted by atomic mass is 9.99. The first-order valence-electron chi connectivity index (χ1n) is 36.4. The Kier molecular flexibility index (Phi) is 58.7. The smallest absolute Gasteiger partial charge is 0.306 e. The van der Waals surface area contributed by atoms with Gasteiger partial charge in [-0.05, 0) is 64.2 Å². The van der Waals surface area contributed by atoms with E-state index in [1.165, 1.54) is 225 Å². The highest BCUT2D eigenvalue weighted by atomic mass is 16.7. The number of unbranched alkanes of at least 4 members (excludes halogenated alkanes) is 43. The van der Waals surface area contributed by atoms with Gasteiger partial charge in [0.1, 0.15) is 24.4 Å². The second-order valence-electron chi connectivity index (χ2n) is 25.3. The van der Waals surface area contributed by atoms with Gasteiger partial charge in [-0.15, -0.1) is 0 Å². The Bertz CT molecular complexity index is 1570. The van der Waals surface area contributed by atoms with E-state index in [4.69, 9.17) is 14.2 Å². The highest BCUT2D eigenvalue weighted by molar-refractivity contribution is 5.80. The highest BCUT2D eigenvalue weighted by Gasteiger charge is 2.47. The Morgan fingerprint density at radius 1 is 0.459 bits per heavy atom. The fourth-order valence-electron chi connectivity index (χ4n) is 11.5. The first-order chi connectivity index (χ1) is 41.7. The van der Waals surface area contributed by atoms with Gasteiger partial charge in [0.2, 0.25) is 5.91 Å². The second-order valence-corrected chi connectivity index (χ2v) is 25.3. The van der Waals surface area contributed by atoms with Gasteiger partial charge < -0.3 is 45.1 Å². The monoisotopic (exact) mass is 1200 g/mol. The fourth-order valence-corrected chi connectivity index (χ4v) is 11.5. The third kappa shape index (κ3) is 49.1. The molecule has 8 unspecified atom stereocenters. The molecule has 1 aliphatic heterocycles. The minimum atomic E-state index is -1.61. The number of aliphatic hydroxyl groups is 5. The lowest BCUT2D eigenvalue weighted by Crippen LogP contribution is -2.61. The van der Waals surface area contributed by atoms with Crippen LogP contribution in [-0.4, -0.2) is 99.6 Å². The van der Waals surface area contributed by atoms with Crippen molar-refractivity contribution >= 4 is 11.9 Å². The van der Waals surface area contributed by atoms with Gasteiger partial charge in [0.15, 0.2) is 12.4 Å². The molecule has 6 N–H and O–H groups in total. The third-order valence-electron chi connectivity index (χ3n) is 17.2. The topological polar surface area (TPSA) is 175 Å². The van der Waals surface area contributed by atoms with Crippen molar-refractivity contribution < 1.29 is 49.3 Å². The standard InChI is InChI=1S/C74H137NO10/c1-4-7-10-13-16-19-22-24-26-28-30-32-33-34-36-37-39-41-43-46-49-52-55-58-61-67(78)73(82)75-65(66(77)60-57-54-51-48-45-21-18-15-12-9-6-3)64-83-74-72(71(81)70(80)68(63-76)84-74)85-69(79)62-59-56-53-50-47-44-42-40-38-35-31-29-27-25-23-20-17-14-11-8-5-2/h16,19,24,26,30,32,57,60,65-68,70-72,74,76-78,80-81H,4-15,17-18,20-23,25,27-29,31,33-56,58-59,61-64H2,1-3H3,(H,75,82)/b19-16-,26-24-,32-30-,60-57+. The molecular weight excluding hydrogens is 1060 g/mol. The molecule has 1 amide bonds. The summed E-state index contributed by atoms with van der Waals surface area (Å²) in [6, 6.07) is -1.02. The summed E-state index contributed by atoms with van der Waals surface area (Å²) in [6.45, 7) is 5.81. The number of amides is 1. The van der Waals surface area contributed by atoms with E-state index < -0.39 is 67.4 Å². The SMILES string of the molecule is CCCCC/C=C\C/C=C\C/C=C\CCCCCCCCCCCCCC(O)C(=O)NC(COC1OC(CO)C(O)C(O)C1OC(=O)CCCCCCCCCCCCCCCCCCCCCCC)C(O)/C=C/CCCCCCCCCCC. The summed E-state index contributed by atoms with van der Waals surface area (Å²) >= 11 is 0. The van der Waals surface area contributed by atoms with Gasteiger partial charge in [-0.3, -0.25) is 9.59 Å². The highest BCUT2D eigenvalue weighted by Crippen LogP contribution is 2.26. The number of aliphatic hydroxyl groups excluding tert-OH is 5. The van der Waals surface area contributed by atoms with Gasteiger partial charge in [0.25, 0.3) is 0 Å². The van der Waals surface area contributed by atoms with E-state index in [9.17, 15) is 35.1 Å². The van der Waals surface area contributed by atoms with Crippen LogP contribution in [0.4, 0.5) is 0 Å². The number of allylic oxidation sites excluding steroid dienone is 7. The van der Waals surface area contributed by atoms with Gasteiger partial charge >= 0.3 is 5.97 Å². The van der Waals surface area contributed by atoms with Gasteiger partial charge in [-0.1, -0.05) is 326 Å². The van der Waals surface area contributed by atoms with Crippen LogP contribution in [0.15, 0.2) is 48.6 Å². The van der Waals surface area contributed by atoms with Crippen molar-refractivity contribution in [3.63, 3.8) is 0 Å². The van der Waals surface area contributed by atoms with Crippen molar-refractivity contribution in [2.75, 3.05) is 13.2 Å². The van der Waals surface area contributed by atoms with Gasteiger partial charge in [-0.2, -0.15) is 0 Å². The van der Waals surface area contributed by atoms with Gasteiger partial charge in [0.05, 0.1) is 25.4 Å². The van der Waals surface area contributed by atoms with Crippen LogP contribution in [0.1, 0.15) is 348 Å². The van der Waals surface area contributed by atoms with Gasteiger partial charge in [0, 0.05) is 6.42 Å². The summed E-state index contributed by atoms with van der Waals surface area (Å²) < 4.78 is 17.7. The van der Waals surface area contributed by atoms with E-state index in [1.807, 2.05) is 6.08 Å². The third-order valence-corrected chi connectivity index (χ3v) is 17.2. The lowest BCUT2D eigenvalue weighted by Gasteiger charge is -2.41. The maximum absolute atomic E-state index is 13.5. The molecule has 0 spiro atoms. The number of esters is 1. The molecule has 11 heteroatoms. The first-order valence-corrected chi connectivity index (χ1v) is 36.4. The molecule has 0 bridgehead atoms. The normalized spacial score (nSPS) is 18.6. The summed E-state index contributed by atoms with van der Waals surface area (Å²) in [6.07, 6.45) is 67.3. The molecule has 0 aromatic rings. The average Bonchev–Trinajstić information content (AvgIpc) is 3.69. The summed E-state index contributed by atoms with van der Waals surface area (Å²) in [5.41, 5.74) is 0. The molecule has 1 aliphatic rings. The number of nitrogens with one attached hydrogen (secondary N) is 1. The predicted molar refractivity (Wildman–Crippen MR) is 357 cm³/mol. The first kappa shape index (κ1) is 80.6. The fraction of sp³-hybridized carbons (Fsp3) is 0.865. The number of carbonyl (C=O) groups excluding carboxylic acids is 2. The van der Waals surface area contributed by atoms with E-state index in [1.54, 1.807) is 6.08 Å². The zero-order chi connectivity index (χ0) is 61.7. The molecule has 0 aromatic heterocycles. The van der Waals surface area contributed by atoms with E-state index in [2.05, 4.69) is 62.5 Å². The Hall–Kier alpha value is -2.38. The second kappa shape index (κ2) is 61.8. The van der Waals surface area contributed by atoms with Crippen LogP contribution in [0.25, 0.3) is 0 Å². The van der Waals surface area contributed by atoms with Crippen molar-refractivity contribution in [2.45, 2.75) is 397 Å². The number of hydrogen-bond acceptors (Lipinski definition) is 10. The summed E-state index contributed by atoms with van der Waals surface area (Å²) in [7, 11) is 0. The van der Waals surface area contributed by atoms with Crippen molar-refractivity contribution in [3.8, 4) is 0 Å². The summed E-state index contributed by atoms with van der Waals surface area (Å²) in [4.78, 5) is 26.7. The van der Waals surface area contributed by atoms with Crippen molar-refractivity contribution in [1.82, 2.24) is 5.32 Å². The summed E-state index contributed by atoms with van der Waals surface area (Å²) in [5.74, 6) is -1.18. The number of ether oxygens (including phenoxy) is 3. The predicted octanol–water partition coefficient (Wildman–Crippen LogP) is 18.7. The van der Waals surface area contributed by atoms with Crippen LogP contribution in [0.5, 0.6) is 0 Å². The minimum absolute atomic E-state index is 0.128. The number of rotatable bonds is 63. The Morgan fingerprint density at radius 2 is 0.812 bits per heavy atom. The number of carbonyl (C=O) groups is 2. The average molecular weight is 1200 g/mol. The zero-order valence-corrected chi connectivity index (χ0v) is 55.5. The van der Waals surface area contributed by atoms with Crippen LogP contribution >= 0.6 is 0 Å². The Morgan fingerprint density at radius 3 is 1.24 bits per heavy atom. The molecule has 0 saturated carbocycles. The maximum Gasteiger partial charge on any atom is 0.306 e. The molecule has 1 heterocycles. The van der Waals surface area contributed by atoms with Crippen LogP contribution in [-0.2, 0) is 23.8 Å². The van der Waals surface area contributed by atoms with Crippen molar-refractivity contribution in [2.24, 2.45) is 0 Å². The molecule has 1 fully saturated rings. The van der Waals surface area contributed by atoms with Crippen molar-refractivity contribution in [1.29, 1.82) is 0 Å². The van der Waals surface area contributed by atoms with E-state index in [-0.39, 0.29) is 19.4 Å². The Labute approximate surface area is 523 Å². The van der Waals surface area contributed by atoms with E-state index in [0.29, 0.717) is 12.8 Å². The molecule has 0 radical (unpaired) electrons. The molecule has 0 aromatic carbocycles. The van der Waals surface area contributed by atoms with E-state index >= 15 is 0 Å². The molecule has 0 aliphatic carbocycles. The van der Waals surface area contributed by atoms with Crippen LogP contribution in [0, 0.1) is 0 Å². The maximum atomic E-state index is 13.5. The minimum Gasteiger partial charge on any atom is -0.454 e. The van der Waals surface area contributed by atoms with Gasteiger partial charge in [-0.25, -0.2) is 0 Å². The molecule has 85 heavy (non-hydrogen) atoms. The van der Waals surface area contributed by atoms with Crippen LogP contribution in [0.3, 0.4) is 0 Å². The number of hydrogen-bond donors (Lipinski definition) is 6. The van der Waals surface area contributed by atoms with Crippen LogP contribution in [0.2, 0.25) is 0 Å².